The number of carbonyl (C=O) groups excluding carboxylic acids is 1. The lowest BCUT2D eigenvalue weighted by Gasteiger charge is -2.39. The minimum Gasteiger partial charge on any atom is -0.479 e. The summed E-state index contributed by atoms with van der Waals surface area (Å²) in [6.45, 7) is 0.847. The van der Waals surface area contributed by atoms with Gasteiger partial charge in [-0.25, -0.2) is 28.4 Å². The highest BCUT2D eigenvalue weighted by atomic mass is 19.4. The number of ether oxygens (including phenoxy) is 1. The Hall–Kier alpha value is -3.58. The average molecular weight is 511 g/mol. The lowest BCUT2D eigenvalue weighted by molar-refractivity contribution is -0.141. The van der Waals surface area contributed by atoms with Gasteiger partial charge in [-0.1, -0.05) is 0 Å². The van der Waals surface area contributed by atoms with Gasteiger partial charge in [0.05, 0.1) is 19.5 Å². The third-order valence-electron chi connectivity index (χ3n) is 6.73. The standard InChI is InChI=1S/C22H22F5N7O2/c1-36-20-14(2-3-15(30-20)22(25,26)27)33-12-21(8-18(33)35)4-6-32(7-5-21)17-10-28-13-9-29-34(11-16(23)24)19(13)31-17/h2-3,9-10,16H,4-8,11-12H2,1H3. The first-order valence-electron chi connectivity index (χ1n) is 11.2. The Morgan fingerprint density at radius 1 is 1.14 bits per heavy atom. The fourth-order valence-electron chi connectivity index (χ4n) is 4.86. The van der Waals surface area contributed by atoms with E-state index >= 15 is 0 Å². The largest absolute Gasteiger partial charge is 0.479 e. The van der Waals surface area contributed by atoms with Crippen molar-refractivity contribution in [1.29, 1.82) is 0 Å². The van der Waals surface area contributed by atoms with Crippen LogP contribution in [-0.2, 0) is 17.5 Å². The van der Waals surface area contributed by atoms with Crippen LogP contribution >= 0.6 is 0 Å². The number of nitrogens with zero attached hydrogens (tertiary/aromatic N) is 7. The van der Waals surface area contributed by atoms with Gasteiger partial charge in [0.25, 0.3) is 6.43 Å². The van der Waals surface area contributed by atoms with Crippen molar-refractivity contribution in [3.63, 3.8) is 0 Å². The molecule has 0 unspecified atom stereocenters. The second-order valence-corrected chi connectivity index (χ2v) is 9.02. The first-order valence-corrected chi connectivity index (χ1v) is 11.2. The summed E-state index contributed by atoms with van der Waals surface area (Å²) in [6.07, 6.45) is -2.74. The fourth-order valence-corrected chi connectivity index (χ4v) is 4.86. The predicted molar refractivity (Wildman–Crippen MR) is 118 cm³/mol. The molecule has 3 aromatic heterocycles. The summed E-state index contributed by atoms with van der Waals surface area (Å²) < 4.78 is 71.0. The summed E-state index contributed by atoms with van der Waals surface area (Å²) >= 11 is 0. The van der Waals surface area contributed by atoms with Gasteiger partial charge in [0, 0.05) is 31.5 Å². The van der Waals surface area contributed by atoms with E-state index < -0.39 is 24.8 Å². The highest BCUT2D eigenvalue weighted by molar-refractivity contribution is 5.97. The number of alkyl halides is 5. The molecule has 0 atom stereocenters. The van der Waals surface area contributed by atoms with E-state index in [0.717, 1.165) is 10.7 Å². The number of pyridine rings is 1. The Bertz CT molecular complexity index is 1290. The van der Waals surface area contributed by atoms with Crippen LogP contribution in [0.3, 0.4) is 0 Å². The number of amides is 1. The number of anilines is 2. The van der Waals surface area contributed by atoms with E-state index in [4.69, 9.17) is 4.74 Å². The van der Waals surface area contributed by atoms with Crippen molar-refractivity contribution in [2.24, 2.45) is 5.41 Å². The number of rotatable bonds is 5. The summed E-state index contributed by atoms with van der Waals surface area (Å²) in [5, 5.41) is 3.93. The molecule has 2 saturated heterocycles. The van der Waals surface area contributed by atoms with Crippen molar-refractivity contribution in [2.45, 2.75) is 38.4 Å². The van der Waals surface area contributed by atoms with Crippen LogP contribution in [0.15, 0.2) is 24.5 Å². The van der Waals surface area contributed by atoms with Crippen molar-refractivity contribution in [3.8, 4) is 5.88 Å². The molecule has 3 aromatic rings. The first kappa shape index (κ1) is 24.1. The van der Waals surface area contributed by atoms with Crippen LogP contribution in [0.25, 0.3) is 11.2 Å². The molecule has 2 aliphatic rings. The summed E-state index contributed by atoms with van der Waals surface area (Å²) in [5.41, 5.74) is -0.554. The molecule has 5 rings (SSSR count). The van der Waals surface area contributed by atoms with E-state index in [2.05, 4.69) is 20.1 Å². The molecule has 1 amide bonds. The number of hydrogen-bond acceptors (Lipinski definition) is 7. The SMILES string of the molecule is COc1nc(C(F)(F)F)ccc1N1CC2(CCN(c3cnc4cnn(CC(F)F)c4n3)CC2)CC1=O. The van der Waals surface area contributed by atoms with Crippen molar-refractivity contribution < 1.29 is 31.5 Å². The summed E-state index contributed by atoms with van der Waals surface area (Å²) in [4.78, 5) is 28.7. The molecule has 0 bridgehead atoms. The smallest absolute Gasteiger partial charge is 0.433 e. The lowest BCUT2D eigenvalue weighted by atomic mass is 9.77. The zero-order valence-corrected chi connectivity index (χ0v) is 19.2. The Kier molecular flexibility index (Phi) is 5.91. The third kappa shape index (κ3) is 4.39. The van der Waals surface area contributed by atoms with Gasteiger partial charge < -0.3 is 14.5 Å². The quantitative estimate of drug-likeness (QED) is 0.484. The minimum atomic E-state index is -4.63. The first-order chi connectivity index (χ1) is 17.1. The average Bonchev–Trinajstić information content (AvgIpc) is 3.38. The van der Waals surface area contributed by atoms with Gasteiger partial charge in [0.15, 0.2) is 5.65 Å². The van der Waals surface area contributed by atoms with E-state index in [0.29, 0.717) is 43.8 Å². The van der Waals surface area contributed by atoms with Crippen molar-refractivity contribution in [2.75, 3.05) is 36.5 Å². The molecule has 9 nitrogen and oxygen atoms in total. The monoisotopic (exact) mass is 511 g/mol. The number of halogens is 5. The predicted octanol–water partition coefficient (Wildman–Crippen LogP) is 3.54. The molecule has 14 heteroatoms. The van der Waals surface area contributed by atoms with Gasteiger partial charge in [-0.3, -0.25) is 4.79 Å². The number of methoxy groups -OCH3 is 1. The summed E-state index contributed by atoms with van der Waals surface area (Å²) in [7, 11) is 1.21. The molecule has 0 saturated carbocycles. The maximum Gasteiger partial charge on any atom is 0.433 e. The Morgan fingerprint density at radius 3 is 2.56 bits per heavy atom. The minimum absolute atomic E-state index is 0.207. The van der Waals surface area contributed by atoms with Crippen molar-refractivity contribution >= 4 is 28.6 Å². The molecule has 0 aromatic carbocycles. The lowest BCUT2D eigenvalue weighted by Crippen LogP contribution is -2.42. The molecule has 192 valence electrons. The van der Waals surface area contributed by atoms with Crippen LogP contribution in [0.2, 0.25) is 0 Å². The van der Waals surface area contributed by atoms with Crippen LogP contribution < -0.4 is 14.5 Å². The summed E-state index contributed by atoms with van der Waals surface area (Å²) in [5.74, 6) is 0.0697. The van der Waals surface area contributed by atoms with E-state index in [1.807, 2.05) is 4.90 Å². The van der Waals surface area contributed by atoms with Crippen LogP contribution in [0.4, 0.5) is 33.5 Å². The van der Waals surface area contributed by atoms with Crippen molar-refractivity contribution in [3.05, 3.63) is 30.2 Å². The Labute approximate surface area is 201 Å². The van der Waals surface area contributed by atoms with Gasteiger partial charge in [0.1, 0.15) is 29.3 Å². The molecular weight excluding hydrogens is 489 g/mol. The van der Waals surface area contributed by atoms with Gasteiger partial charge in [-0.2, -0.15) is 18.3 Å². The Morgan fingerprint density at radius 2 is 1.89 bits per heavy atom. The molecule has 1 spiro atoms. The zero-order valence-electron chi connectivity index (χ0n) is 19.2. The fraction of sp³-hybridized carbons (Fsp3) is 0.500. The van der Waals surface area contributed by atoms with Crippen LogP contribution in [0.5, 0.6) is 5.88 Å². The number of fused-ring (bicyclic) bond motifs is 1. The molecule has 0 N–H and O–H groups in total. The van der Waals surface area contributed by atoms with Crippen molar-refractivity contribution in [1.82, 2.24) is 24.7 Å². The van der Waals surface area contributed by atoms with E-state index in [-0.39, 0.29) is 35.0 Å². The molecular formula is C22H22F5N7O2. The van der Waals surface area contributed by atoms with E-state index in [1.165, 1.54) is 24.3 Å². The molecule has 2 fully saturated rings. The van der Waals surface area contributed by atoms with E-state index in [1.54, 1.807) is 6.20 Å². The maximum absolute atomic E-state index is 13.0. The number of aromatic nitrogens is 5. The maximum atomic E-state index is 13.0. The van der Waals surface area contributed by atoms with E-state index in [9.17, 15) is 26.7 Å². The Balaban J connectivity index is 1.31. The van der Waals surface area contributed by atoms with Gasteiger partial charge in [-0.05, 0) is 25.0 Å². The third-order valence-corrected chi connectivity index (χ3v) is 6.73. The molecule has 36 heavy (non-hydrogen) atoms. The number of piperidine rings is 1. The van der Waals surface area contributed by atoms with Gasteiger partial charge >= 0.3 is 6.18 Å². The second-order valence-electron chi connectivity index (χ2n) is 9.02. The topological polar surface area (TPSA) is 89.3 Å². The second kappa shape index (κ2) is 8.82. The summed E-state index contributed by atoms with van der Waals surface area (Å²) in [6, 6.07) is 2.06. The van der Waals surface area contributed by atoms with Gasteiger partial charge in [0.2, 0.25) is 11.8 Å². The molecule has 5 heterocycles. The molecule has 0 radical (unpaired) electrons. The number of hydrogen-bond donors (Lipinski definition) is 0. The highest BCUT2D eigenvalue weighted by Crippen LogP contribution is 2.45. The number of carbonyl (C=O) groups is 1. The van der Waals surface area contributed by atoms with Crippen LogP contribution in [-0.4, -0.2) is 63.8 Å². The van der Waals surface area contributed by atoms with Crippen LogP contribution in [0, 0.1) is 5.41 Å². The molecule has 0 aliphatic carbocycles. The van der Waals surface area contributed by atoms with Crippen LogP contribution in [0.1, 0.15) is 25.0 Å². The zero-order chi connectivity index (χ0) is 25.7. The molecule has 2 aliphatic heterocycles. The normalized spacial score (nSPS) is 18.1. The van der Waals surface area contributed by atoms with Gasteiger partial charge in [-0.15, -0.1) is 0 Å². The highest BCUT2D eigenvalue weighted by Gasteiger charge is 2.46.